The Hall–Kier alpha value is -2.88. The second-order valence-corrected chi connectivity index (χ2v) is 9.77. The first-order valence-electron chi connectivity index (χ1n) is 12.5. The molecule has 0 fully saturated rings. The molecule has 0 bridgehead atoms. The summed E-state index contributed by atoms with van der Waals surface area (Å²) in [5.74, 6) is 2.68. The standard InChI is InChI=1S/C29H38N4/c1-8-13-21-14-10-11-17-24(21)33-25-18-30-28(31-29(25)32(7)26(33)9-2)27-22(19(3)4)15-12-16-23(27)20(5)6/h10-12,14-20,26H,8-9,13H2,1-7H3. The lowest BCUT2D eigenvalue weighted by atomic mass is 9.88. The normalized spacial score (nSPS) is 15.6. The number of benzene rings is 2. The summed E-state index contributed by atoms with van der Waals surface area (Å²) in [7, 11) is 2.17. The monoisotopic (exact) mass is 442 g/mol. The number of nitrogens with zero attached hydrogens (tertiary/aromatic N) is 4. The van der Waals surface area contributed by atoms with Gasteiger partial charge in [-0.1, -0.05) is 84.4 Å². The molecule has 1 aliphatic rings. The van der Waals surface area contributed by atoms with E-state index in [1.807, 2.05) is 6.20 Å². The molecule has 1 atom stereocenters. The van der Waals surface area contributed by atoms with Crippen LogP contribution in [0.25, 0.3) is 11.4 Å². The van der Waals surface area contributed by atoms with Crippen molar-refractivity contribution < 1.29 is 0 Å². The lowest BCUT2D eigenvalue weighted by molar-refractivity contribution is 0.642. The van der Waals surface area contributed by atoms with Crippen LogP contribution in [0.5, 0.6) is 0 Å². The highest BCUT2D eigenvalue weighted by Gasteiger charge is 2.36. The molecular formula is C29H38N4. The summed E-state index contributed by atoms with van der Waals surface area (Å²) < 4.78 is 0. The fraction of sp³-hybridized carbons (Fsp3) is 0.448. The number of anilines is 3. The van der Waals surface area contributed by atoms with Crippen LogP contribution in [0.2, 0.25) is 0 Å². The molecule has 174 valence electrons. The quantitative estimate of drug-likeness (QED) is 0.376. The van der Waals surface area contributed by atoms with E-state index >= 15 is 0 Å². The Morgan fingerprint density at radius 3 is 2.15 bits per heavy atom. The highest BCUT2D eigenvalue weighted by molar-refractivity contribution is 5.83. The topological polar surface area (TPSA) is 32.3 Å². The zero-order valence-electron chi connectivity index (χ0n) is 21.3. The molecular weight excluding hydrogens is 404 g/mol. The minimum Gasteiger partial charge on any atom is -0.337 e. The van der Waals surface area contributed by atoms with E-state index in [4.69, 9.17) is 9.97 Å². The summed E-state index contributed by atoms with van der Waals surface area (Å²) >= 11 is 0. The SMILES string of the molecule is CCCc1ccccc1N1c2cnc(-c3c(C(C)C)cccc3C(C)C)nc2N(C)C1CC. The molecule has 0 saturated heterocycles. The number of hydrogen-bond acceptors (Lipinski definition) is 4. The molecule has 0 aliphatic carbocycles. The number of hydrogen-bond donors (Lipinski definition) is 0. The van der Waals surface area contributed by atoms with Crippen molar-refractivity contribution in [3.05, 3.63) is 65.4 Å². The van der Waals surface area contributed by atoms with Crippen LogP contribution < -0.4 is 9.80 Å². The Morgan fingerprint density at radius 1 is 0.879 bits per heavy atom. The van der Waals surface area contributed by atoms with Gasteiger partial charge in [-0.3, -0.25) is 0 Å². The van der Waals surface area contributed by atoms with Crippen molar-refractivity contribution >= 4 is 17.2 Å². The predicted octanol–water partition coefficient (Wildman–Crippen LogP) is 7.67. The summed E-state index contributed by atoms with van der Waals surface area (Å²) in [6, 6.07) is 15.4. The third kappa shape index (κ3) is 4.12. The average Bonchev–Trinajstić information content (AvgIpc) is 3.09. The van der Waals surface area contributed by atoms with Gasteiger partial charge in [-0.05, 0) is 47.4 Å². The second-order valence-electron chi connectivity index (χ2n) is 9.77. The number of rotatable bonds is 7. The fourth-order valence-corrected chi connectivity index (χ4v) is 5.17. The Bertz CT molecular complexity index is 1090. The van der Waals surface area contributed by atoms with Crippen LogP contribution in [-0.4, -0.2) is 23.2 Å². The van der Waals surface area contributed by atoms with Crippen LogP contribution in [0, 0.1) is 0 Å². The number of fused-ring (bicyclic) bond motifs is 1. The minimum atomic E-state index is 0.229. The van der Waals surface area contributed by atoms with Crippen molar-refractivity contribution in [3.8, 4) is 11.4 Å². The first-order valence-corrected chi connectivity index (χ1v) is 12.5. The summed E-state index contributed by atoms with van der Waals surface area (Å²) in [5.41, 5.74) is 7.61. The van der Waals surface area contributed by atoms with E-state index in [1.54, 1.807) is 0 Å². The van der Waals surface area contributed by atoms with Crippen molar-refractivity contribution in [1.29, 1.82) is 0 Å². The van der Waals surface area contributed by atoms with Gasteiger partial charge in [0.05, 0.1) is 6.20 Å². The fourth-order valence-electron chi connectivity index (χ4n) is 5.17. The van der Waals surface area contributed by atoms with Gasteiger partial charge in [0.25, 0.3) is 0 Å². The average molecular weight is 443 g/mol. The number of para-hydroxylation sites is 1. The largest absolute Gasteiger partial charge is 0.337 e. The maximum Gasteiger partial charge on any atom is 0.162 e. The molecule has 4 heteroatoms. The molecule has 1 unspecified atom stereocenters. The number of aromatic nitrogens is 2. The summed E-state index contributed by atoms with van der Waals surface area (Å²) in [4.78, 5) is 15.0. The first kappa shape index (κ1) is 23.3. The molecule has 3 aromatic rings. The molecule has 33 heavy (non-hydrogen) atoms. The maximum atomic E-state index is 5.21. The zero-order chi connectivity index (χ0) is 23.7. The van der Waals surface area contributed by atoms with Crippen molar-refractivity contribution in [3.63, 3.8) is 0 Å². The molecule has 1 aliphatic heterocycles. The Morgan fingerprint density at radius 2 is 1.55 bits per heavy atom. The van der Waals surface area contributed by atoms with E-state index in [0.717, 1.165) is 36.6 Å². The van der Waals surface area contributed by atoms with E-state index in [0.29, 0.717) is 11.8 Å². The molecule has 0 amide bonds. The third-order valence-corrected chi connectivity index (χ3v) is 6.82. The van der Waals surface area contributed by atoms with E-state index < -0.39 is 0 Å². The van der Waals surface area contributed by atoms with E-state index in [9.17, 15) is 0 Å². The van der Waals surface area contributed by atoms with Gasteiger partial charge in [0.15, 0.2) is 11.6 Å². The third-order valence-electron chi connectivity index (χ3n) is 6.82. The van der Waals surface area contributed by atoms with Crippen molar-refractivity contribution in [2.24, 2.45) is 0 Å². The number of aryl methyl sites for hydroxylation is 1. The van der Waals surface area contributed by atoms with Gasteiger partial charge in [0, 0.05) is 18.3 Å². The van der Waals surface area contributed by atoms with Crippen LogP contribution in [-0.2, 0) is 6.42 Å². The molecule has 0 N–H and O–H groups in total. The van der Waals surface area contributed by atoms with Crippen LogP contribution in [0.4, 0.5) is 17.2 Å². The van der Waals surface area contributed by atoms with Crippen LogP contribution in [0.15, 0.2) is 48.7 Å². The summed E-state index contributed by atoms with van der Waals surface area (Å²) in [6.07, 6.45) is 5.48. The Balaban J connectivity index is 1.89. The van der Waals surface area contributed by atoms with E-state index in [1.165, 1.54) is 27.9 Å². The zero-order valence-corrected chi connectivity index (χ0v) is 21.3. The molecule has 1 aromatic heterocycles. The predicted molar refractivity (Wildman–Crippen MR) is 141 cm³/mol. The lowest BCUT2D eigenvalue weighted by Crippen LogP contribution is -2.38. The van der Waals surface area contributed by atoms with Crippen LogP contribution in [0.3, 0.4) is 0 Å². The minimum absolute atomic E-state index is 0.229. The van der Waals surface area contributed by atoms with E-state index in [-0.39, 0.29) is 6.17 Å². The lowest BCUT2D eigenvalue weighted by Gasteiger charge is -2.31. The molecule has 0 spiro atoms. The Labute approximate surface area is 199 Å². The van der Waals surface area contributed by atoms with Gasteiger partial charge < -0.3 is 9.80 Å². The van der Waals surface area contributed by atoms with E-state index in [2.05, 4.69) is 101 Å². The molecule has 0 radical (unpaired) electrons. The van der Waals surface area contributed by atoms with Crippen molar-refractivity contribution in [2.45, 2.75) is 78.8 Å². The molecule has 2 aromatic carbocycles. The summed E-state index contributed by atoms with van der Waals surface area (Å²) in [6.45, 7) is 13.5. The molecule has 4 rings (SSSR count). The second kappa shape index (κ2) is 9.54. The highest BCUT2D eigenvalue weighted by Crippen LogP contribution is 2.45. The van der Waals surface area contributed by atoms with Crippen LogP contribution >= 0.6 is 0 Å². The highest BCUT2D eigenvalue weighted by atomic mass is 15.4. The van der Waals surface area contributed by atoms with Gasteiger partial charge >= 0.3 is 0 Å². The van der Waals surface area contributed by atoms with Crippen molar-refractivity contribution in [2.75, 3.05) is 16.8 Å². The van der Waals surface area contributed by atoms with Gasteiger partial charge in [-0.25, -0.2) is 9.97 Å². The smallest absolute Gasteiger partial charge is 0.162 e. The van der Waals surface area contributed by atoms with Crippen molar-refractivity contribution in [1.82, 2.24) is 9.97 Å². The van der Waals surface area contributed by atoms with Gasteiger partial charge in [-0.15, -0.1) is 0 Å². The summed E-state index contributed by atoms with van der Waals surface area (Å²) in [5, 5.41) is 0. The molecule has 0 saturated carbocycles. The van der Waals surface area contributed by atoms with Gasteiger partial charge in [0.1, 0.15) is 11.9 Å². The maximum absolute atomic E-state index is 5.21. The van der Waals surface area contributed by atoms with Gasteiger partial charge in [0.2, 0.25) is 0 Å². The first-order chi connectivity index (χ1) is 15.9. The molecule has 2 heterocycles. The molecule has 4 nitrogen and oxygen atoms in total. The van der Waals surface area contributed by atoms with Gasteiger partial charge in [-0.2, -0.15) is 0 Å². The van der Waals surface area contributed by atoms with Crippen LogP contribution in [0.1, 0.15) is 82.9 Å². The Kier molecular flexibility index (Phi) is 6.73.